The fourth-order valence-corrected chi connectivity index (χ4v) is 4.66. The summed E-state index contributed by atoms with van der Waals surface area (Å²) in [4.78, 5) is 4.12. The Labute approximate surface area is 157 Å². The second kappa shape index (κ2) is 6.99. The van der Waals surface area contributed by atoms with Crippen LogP contribution in [-0.2, 0) is 0 Å². The Kier molecular flexibility index (Phi) is 4.56. The lowest BCUT2D eigenvalue weighted by Crippen LogP contribution is -1.80. The molecule has 0 amide bonds. The molecule has 25 heavy (non-hydrogen) atoms. The number of hydrogen-bond acceptors (Lipinski definition) is 2. The molecule has 0 unspecified atom stereocenters. The first-order valence-corrected chi connectivity index (χ1v) is 10.2. The van der Waals surface area contributed by atoms with Gasteiger partial charge in [0.1, 0.15) is 0 Å². The fourth-order valence-electron chi connectivity index (χ4n) is 2.91. The van der Waals surface area contributed by atoms with Gasteiger partial charge in [-0.15, -0.1) is 22.7 Å². The summed E-state index contributed by atoms with van der Waals surface area (Å²) in [5, 5.41) is 2.12. The summed E-state index contributed by atoms with van der Waals surface area (Å²) in [5.74, 6) is 0.597. The van der Waals surface area contributed by atoms with Crippen molar-refractivity contribution in [2.24, 2.45) is 0 Å². The van der Waals surface area contributed by atoms with Gasteiger partial charge in [0.2, 0.25) is 0 Å². The lowest BCUT2D eigenvalue weighted by Gasteiger charge is -2.05. The fraction of sp³-hybridized carbons (Fsp3) is 0.130. The van der Waals surface area contributed by atoms with E-state index in [9.17, 15) is 0 Å². The average molecular weight is 361 g/mol. The lowest BCUT2D eigenvalue weighted by atomic mass is 10.0. The zero-order valence-electron chi connectivity index (χ0n) is 14.4. The van der Waals surface area contributed by atoms with Crippen molar-refractivity contribution >= 4 is 22.7 Å². The van der Waals surface area contributed by atoms with E-state index < -0.39 is 0 Å². The summed E-state index contributed by atoms with van der Waals surface area (Å²) in [6.45, 7) is 4.50. The van der Waals surface area contributed by atoms with E-state index in [-0.39, 0.29) is 0 Å². The molecule has 4 rings (SSSR count). The van der Waals surface area contributed by atoms with Gasteiger partial charge in [0, 0.05) is 14.6 Å². The molecule has 0 aliphatic heterocycles. The molecule has 0 saturated heterocycles. The molecule has 0 spiro atoms. The molecule has 0 aliphatic rings. The van der Waals surface area contributed by atoms with E-state index in [4.69, 9.17) is 0 Å². The molecule has 124 valence electrons. The average Bonchev–Trinajstić information content (AvgIpc) is 3.34. The van der Waals surface area contributed by atoms with Crippen molar-refractivity contribution in [1.82, 2.24) is 0 Å². The van der Waals surface area contributed by atoms with Gasteiger partial charge in [-0.2, -0.15) is 0 Å². The van der Waals surface area contributed by atoms with Crippen LogP contribution in [0.2, 0.25) is 0 Å². The van der Waals surface area contributed by atoms with Crippen molar-refractivity contribution in [1.29, 1.82) is 0 Å². The molecule has 2 heteroatoms. The van der Waals surface area contributed by atoms with Gasteiger partial charge < -0.3 is 0 Å². The van der Waals surface area contributed by atoms with Crippen molar-refractivity contribution in [3.8, 4) is 32.0 Å². The minimum absolute atomic E-state index is 0.597. The second-order valence-electron chi connectivity index (χ2n) is 6.49. The van der Waals surface area contributed by atoms with Crippen LogP contribution in [0.15, 0.2) is 78.2 Å². The monoisotopic (exact) mass is 360 g/mol. The second-order valence-corrected chi connectivity index (χ2v) is 8.55. The largest absolute Gasteiger partial charge is 0.144 e. The molecule has 0 N–H and O–H groups in total. The number of benzene rings is 2. The van der Waals surface area contributed by atoms with Crippen LogP contribution >= 0.6 is 22.7 Å². The molecule has 0 atom stereocenters. The maximum Gasteiger partial charge on any atom is 0.0345 e. The van der Waals surface area contributed by atoms with Crippen LogP contribution in [0.1, 0.15) is 24.6 Å². The van der Waals surface area contributed by atoms with E-state index in [1.54, 1.807) is 11.3 Å². The molecule has 4 aromatic rings. The van der Waals surface area contributed by atoms with Gasteiger partial charge in [-0.3, -0.25) is 0 Å². The molecule has 2 aromatic carbocycles. The van der Waals surface area contributed by atoms with Gasteiger partial charge in [-0.1, -0.05) is 68.4 Å². The van der Waals surface area contributed by atoms with Gasteiger partial charge in [0.05, 0.1) is 0 Å². The van der Waals surface area contributed by atoms with E-state index in [2.05, 4.69) is 92.0 Å². The van der Waals surface area contributed by atoms with Gasteiger partial charge >= 0.3 is 0 Å². The molecule has 0 saturated carbocycles. The Balaban J connectivity index is 1.57. The zero-order valence-corrected chi connectivity index (χ0v) is 16.0. The number of thiophene rings is 2. The summed E-state index contributed by atoms with van der Waals surface area (Å²) >= 11 is 3.68. The summed E-state index contributed by atoms with van der Waals surface area (Å²) in [6, 6.07) is 26.5. The van der Waals surface area contributed by atoms with E-state index in [1.165, 1.54) is 36.9 Å². The van der Waals surface area contributed by atoms with Crippen LogP contribution in [0.5, 0.6) is 0 Å². The normalized spacial score (nSPS) is 11.2. The van der Waals surface area contributed by atoms with E-state index >= 15 is 0 Å². The highest BCUT2D eigenvalue weighted by Gasteiger charge is 2.06. The number of hydrogen-bond donors (Lipinski definition) is 0. The minimum Gasteiger partial charge on any atom is -0.144 e. The standard InChI is InChI=1S/C23H20S2/c1-16(2)21-13-14-23(25-21)20-11-7-18(8-12-20)17-5-9-19(10-6-17)22-4-3-15-24-22/h3-16H,1-2H3. The highest BCUT2D eigenvalue weighted by Crippen LogP contribution is 2.33. The smallest absolute Gasteiger partial charge is 0.0345 e. The third-order valence-corrected chi connectivity index (χ3v) is 6.74. The van der Waals surface area contributed by atoms with Crippen molar-refractivity contribution in [3.63, 3.8) is 0 Å². The molecule has 0 nitrogen and oxygen atoms in total. The molecule has 0 bridgehead atoms. The first-order chi connectivity index (χ1) is 12.2. The summed E-state index contributed by atoms with van der Waals surface area (Å²) < 4.78 is 0. The zero-order chi connectivity index (χ0) is 17.2. The topological polar surface area (TPSA) is 0 Å². The van der Waals surface area contributed by atoms with Crippen LogP contribution < -0.4 is 0 Å². The van der Waals surface area contributed by atoms with Gasteiger partial charge in [0.15, 0.2) is 0 Å². The van der Waals surface area contributed by atoms with Crippen LogP contribution in [0, 0.1) is 0 Å². The predicted molar refractivity (Wildman–Crippen MR) is 113 cm³/mol. The van der Waals surface area contributed by atoms with E-state index in [0.29, 0.717) is 5.92 Å². The molecular weight excluding hydrogens is 340 g/mol. The molecule has 2 heterocycles. The Bertz CT molecular complexity index is 940. The Morgan fingerprint density at radius 1 is 0.600 bits per heavy atom. The van der Waals surface area contributed by atoms with E-state index in [1.807, 2.05) is 11.3 Å². The minimum atomic E-state index is 0.597. The lowest BCUT2D eigenvalue weighted by molar-refractivity contribution is 0.890. The third-order valence-electron chi connectivity index (χ3n) is 4.39. The third kappa shape index (κ3) is 3.46. The van der Waals surface area contributed by atoms with Crippen LogP contribution in [0.4, 0.5) is 0 Å². The SMILES string of the molecule is CC(C)c1ccc(-c2ccc(-c3ccc(-c4cccs4)cc3)cc2)s1. The molecule has 0 radical (unpaired) electrons. The molecule has 0 aliphatic carbocycles. The Morgan fingerprint density at radius 2 is 1.16 bits per heavy atom. The van der Waals surface area contributed by atoms with Crippen molar-refractivity contribution in [2.45, 2.75) is 19.8 Å². The van der Waals surface area contributed by atoms with Crippen LogP contribution in [-0.4, -0.2) is 0 Å². The van der Waals surface area contributed by atoms with Crippen molar-refractivity contribution in [2.75, 3.05) is 0 Å². The summed E-state index contributed by atoms with van der Waals surface area (Å²) in [6.07, 6.45) is 0. The van der Waals surface area contributed by atoms with E-state index in [0.717, 1.165) is 0 Å². The molecule has 0 fully saturated rings. The molecule has 2 aromatic heterocycles. The summed E-state index contributed by atoms with van der Waals surface area (Å²) in [5.41, 5.74) is 5.12. The quantitative estimate of drug-likeness (QED) is 0.346. The summed E-state index contributed by atoms with van der Waals surface area (Å²) in [7, 11) is 0. The highest BCUT2D eigenvalue weighted by atomic mass is 32.1. The van der Waals surface area contributed by atoms with Crippen LogP contribution in [0.25, 0.3) is 32.0 Å². The van der Waals surface area contributed by atoms with Gasteiger partial charge in [0.25, 0.3) is 0 Å². The first kappa shape index (κ1) is 16.3. The Hall–Kier alpha value is -2.16. The maximum atomic E-state index is 2.25. The van der Waals surface area contributed by atoms with Gasteiger partial charge in [-0.25, -0.2) is 0 Å². The van der Waals surface area contributed by atoms with Crippen molar-refractivity contribution < 1.29 is 0 Å². The number of rotatable bonds is 4. The highest BCUT2D eigenvalue weighted by molar-refractivity contribution is 7.15. The maximum absolute atomic E-state index is 2.25. The first-order valence-electron chi connectivity index (χ1n) is 8.55. The molecular formula is C23H20S2. The Morgan fingerprint density at radius 3 is 1.64 bits per heavy atom. The van der Waals surface area contributed by atoms with Crippen LogP contribution in [0.3, 0.4) is 0 Å². The van der Waals surface area contributed by atoms with Crippen molar-refractivity contribution in [3.05, 3.63) is 83.1 Å². The predicted octanol–water partition coefficient (Wildman–Crippen LogP) is 7.93. The van der Waals surface area contributed by atoms with Gasteiger partial charge in [-0.05, 0) is 51.8 Å².